The predicted octanol–water partition coefficient (Wildman–Crippen LogP) is 5.18. The van der Waals surface area contributed by atoms with Gasteiger partial charge in [-0.25, -0.2) is 9.97 Å². The van der Waals surface area contributed by atoms with Crippen LogP contribution in [0.3, 0.4) is 0 Å². The van der Waals surface area contributed by atoms with Gasteiger partial charge in [0.05, 0.1) is 12.1 Å². The molecule has 0 spiro atoms. The third kappa shape index (κ3) is 5.11. The van der Waals surface area contributed by atoms with Crippen LogP contribution in [0.25, 0.3) is 0 Å². The van der Waals surface area contributed by atoms with E-state index in [0.29, 0.717) is 21.3 Å². The standard InChI is InChI=1S/C21H17Cl2FN4O2/c1-2-21(30)28(14-7-9-25-18(24)11-14)19-10-13(6-8-26-19)27-20(29)12-15-16(22)4-3-5-17(15)23/h3-11H,2,12H2,1H3,(H,26,27,29). The highest BCUT2D eigenvalue weighted by atomic mass is 35.5. The number of carbonyl (C=O) groups is 2. The molecule has 0 fully saturated rings. The zero-order chi connectivity index (χ0) is 21.7. The van der Waals surface area contributed by atoms with E-state index in [1.54, 1.807) is 31.2 Å². The molecule has 2 heterocycles. The lowest BCUT2D eigenvalue weighted by atomic mass is 10.1. The van der Waals surface area contributed by atoms with Crippen molar-refractivity contribution in [1.82, 2.24) is 9.97 Å². The van der Waals surface area contributed by atoms with Gasteiger partial charge < -0.3 is 5.32 Å². The number of hydrogen-bond acceptors (Lipinski definition) is 4. The van der Waals surface area contributed by atoms with E-state index in [-0.39, 0.29) is 36.2 Å². The summed E-state index contributed by atoms with van der Waals surface area (Å²) >= 11 is 12.2. The molecule has 2 amide bonds. The highest BCUT2D eigenvalue weighted by molar-refractivity contribution is 6.36. The van der Waals surface area contributed by atoms with E-state index in [4.69, 9.17) is 23.2 Å². The van der Waals surface area contributed by atoms with Crippen LogP contribution >= 0.6 is 23.2 Å². The minimum Gasteiger partial charge on any atom is -0.326 e. The fourth-order valence-corrected chi connectivity index (χ4v) is 3.31. The second-order valence-electron chi connectivity index (χ2n) is 6.25. The third-order valence-corrected chi connectivity index (χ3v) is 4.89. The highest BCUT2D eigenvalue weighted by Crippen LogP contribution is 2.28. The monoisotopic (exact) mass is 446 g/mol. The van der Waals surface area contributed by atoms with E-state index < -0.39 is 5.95 Å². The molecule has 0 saturated carbocycles. The molecular weight excluding hydrogens is 430 g/mol. The largest absolute Gasteiger partial charge is 0.326 e. The highest BCUT2D eigenvalue weighted by Gasteiger charge is 2.19. The minimum atomic E-state index is -0.720. The van der Waals surface area contributed by atoms with E-state index in [1.165, 1.54) is 29.4 Å². The summed E-state index contributed by atoms with van der Waals surface area (Å²) in [7, 11) is 0. The average Bonchev–Trinajstić information content (AvgIpc) is 2.71. The van der Waals surface area contributed by atoms with Crippen LogP contribution in [0.2, 0.25) is 10.0 Å². The smallest absolute Gasteiger partial charge is 0.232 e. The first-order valence-electron chi connectivity index (χ1n) is 9.02. The Hall–Kier alpha value is -3.03. The van der Waals surface area contributed by atoms with E-state index in [2.05, 4.69) is 15.3 Å². The summed E-state index contributed by atoms with van der Waals surface area (Å²) in [6, 6.07) is 10.8. The molecule has 1 aromatic carbocycles. The van der Waals surface area contributed by atoms with E-state index in [1.807, 2.05) is 0 Å². The zero-order valence-electron chi connectivity index (χ0n) is 15.9. The van der Waals surface area contributed by atoms with Gasteiger partial charge in [0.1, 0.15) is 5.82 Å². The third-order valence-electron chi connectivity index (χ3n) is 4.18. The fraction of sp³-hybridized carbons (Fsp3) is 0.143. The summed E-state index contributed by atoms with van der Waals surface area (Å²) in [6.07, 6.45) is 2.86. The van der Waals surface area contributed by atoms with Crippen LogP contribution in [-0.2, 0) is 16.0 Å². The number of halogens is 3. The van der Waals surface area contributed by atoms with Crippen molar-refractivity contribution in [1.29, 1.82) is 0 Å². The SMILES string of the molecule is CCC(=O)N(c1ccnc(F)c1)c1cc(NC(=O)Cc2c(Cl)cccc2Cl)ccn1. The van der Waals surface area contributed by atoms with Crippen molar-refractivity contribution >= 4 is 52.2 Å². The number of hydrogen-bond donors (Lipinski definition) is 1. The maximum atomic E-state index is 13.6. The quantitative estimate of drug-likeness (QED) is 0.529. The van der Waals surface area contributed by atoms with Gasteiger partial charge in [0.25, 0.3) is 0 Å². The van der Waals surface area contributed by atoms with Crippen molar-refractivity contribution in [3.63, 3.8) is 0 Å². The Balaban J connectivity index is 1.85. The van der Waals surface area contributed by atoms with Gasteiger partial charge in [-0.3, -0.25) is 14.5 Å². The van der Waals surface area contributed by atoms with Crippen molar-refractivity contribution in [2.24, 2.45) is 0 Å². The minimum absolute atomic E-state index is 0.0245. The molecular formula is C21H17Cl2FN4O2. The molecule has 0 atom stereocenters. The molecule has 30 heavy (non-hydrogen) atoms. The number of amides is 2. The summed E-state index contributed by atoms with van der Waals surface area (Å²) in [4.78, 5) is 34.0. The molecule has 0 aliphatic rings. The van der Waals surface area contributed by atoms with Gasteiger partial charge in [-0.2, -0.15) is 4.39 Å². The van der Waals surface area contributed by atoms with Crippen LogP contribution in [0.15, 0.2) is 54.9 Å². The van der Waals surface area contributed by atoms with E-state index in [0.717, 1.165) is 6.07 Å². The number of anilines is 3. The number of aromatic nitrogens is 2. The van der Waals surface area contributed by atoms with Gasteiger partial charge in [0.15, 0.2) is 0 Å². The first kappa shape index (κ1) is 21.7. The van der Waals surface area contributed by atoms with E-state index in [9.17, 15) is 14.0 Å². The van der Waals surface area contributed by atoms with Crippen LogP contribution < -0.4 is 10.2 Å². The molecule has 9 heteroatoms. The number of benzene rings is 1. The Labute approximate surface area is 182 Å². The van der Waals surface area contributed by atoms with Crippen LogP contribution in [0.5, 0.6) is 0 Å². The second-order valence-corrected chi connectivity index (χ2v) is 7.06. The number of carbonyl (C=O) groups excluding carboxylic acids is 2. The first-order chi connectivity index (χ1) is 14.4. The fourth-order valence-electron chi connectivity index (χ4n) is 2.78. The molecule has 3 aromatic rings. The maximum absolute atomic E-state index is 13.6. The lowest BCUT2D eigenvalue weighted by Gasteiger charge is -2.22. The summed E-state index contributed by atoms with van der Waals surface area (Å²) in [5.41, 5.74) is 1.22. The van der Waals surface area contributed by atoms with Crippen molar-refractivity contribution in [3.8, 4) is 0 Å². The Morgan fingerprint density at radius 3 is 2.43 bits per heavy atom. The predicted molar refractivity (Wildman–Crippen MR) is 115 cm³/mol. The van der Waals surface area contributed by atoms with Crippen LogP contribution in [0.4, 0.5) is 21.6 Å². The van der Waals surface area contributed by atoms with E-state index >= 15 is 0 Å². The summed E-state index contributed by atoms with van der Waals surface area (Å²) in [6.45, 7) is 1.69. The van der Waals surface area contributed by atoms with Crippen molar-refractivity contribution in [3.05, 3.63) is 76.4 Å². The molecule has 0 aliphatic heterocycles. The van der Waals surface area contributed by atoms with Gasteiger partial charge in [-0.05, 0) is 29.8 Å². The number of nitrogens with zero attached hydrogens (tertiary/aromatic N) is 3. The summed E-state index contributed by atoms with van der Waals surface area (Å²) in [5.74, 6) is -1.12. The van der Waals surface area contributed by atoms with Crippen LogP contribution in [-0.4, -0.2) is 21.8 Å². The molecule has 154 valence electrons. The second kappa shape index (κ2) is 9.65. The number of rotatable bonds is 6. The van der Waals surface area contributed by atoms with Crippen molar-refractivity contribution in [2.45, 2.75) is 19.8 Å². The zero-order valence-corrected chi connectivity index (χ0v) is 17.4. The molecule has 0 unspecified atom stereocenters. The Morgan fingerprint density at radius 1 is 1.07 bits per heavy atom. The maximum Gasteiger partial charge on any atom is 0.232 e. The Morgan fingerprint density at radius 2 is 1.77 bits per heavy atom. The van der Waals surface area contributed by atoms with Crippen molar-refractivity contribution < 1.29 is 14.0 Å². The normalized spacial score (nSPS) is 10.5. The lowest BCUT2D eigenvalue weighted by Crippen LogP contribution is -2.26. The molecule has 1 N–H and O–H groups in total. The average molecular weight is 447 g/mol. The molecule has 0 saturated heterocycles. The number of pyridine rings is 2. The van der Waals surface area contributed by atoms with Gasteiger partial charge in [0.2, 0.25) is 17.8 Å². The molecule has 3 rings (SSSR count). The number of nitrogens with one attached hydrogen (secondary N) is 1. The molecule has 0 bridgehead atoms. The Kier molecular flexibility index (Phi) is 6.97. The van der Waals surface area contributed by atoms with Gasteiger partial charge >= 0.3 is 0 Å². The van der Waals surface area contributed by atoms with Crippen LogP contribution in [0.1, 0.15) is 18.9 Å². The van der Waals surface area contributed by atoms with Gasteiger partial charge in [0, 0.05) is 46.7 Å². The van der Waals surface area contributed by atoms with Gasteiger partial charge in [-0.1, -0.05) is 36.2 Å². The van der Waals surface area contributed by atoms with Crippen molar-refractivity contribution in [2.75, 3.05) is 10.2 Å². The first-order valence-corrected chi connectivity index (χ1v) is 9.78. The van der Waals surface area contributed by atoms with Gasteiger partial charge in [-0.15, -0.1) is 0 Å². The Bertz CT molecular complexity index is 1070. The lowest BCUT2D eigenvalue weighted by molar-refractivity contribution is -0.117. The molecule has 0 aliphatic carbocycles. The van der Waals surface area contributed by atoms with Crippen LogP contribution in [0, 0.1) is 5.95 Å². The molecule has 6 nitrogen and oxygen atoms in total. The molecule has 2 aromatic heterocycles. The molecule has 0 radical (unpaired) electrons. The summed E-state index contributed by atoms with van der Waals surface area (Å²) in [5, 5.41) is 3.53. The summed E-state index contributed by atoms with van der Waals surface area (Å²) < 4.78 is 13.6. The topological polar surface area (TPSA) is 75.2 Å².